The van der Waals surface area contributed by atoms with Crippen molar-refractivity contribution in [1.29, 1.82) is 0 Å². The largest absolute Gasteiger partial charge is 0.433 e. The van der Waals surface area contributed by atoms with Crippen LogP contribution in [0.25, 0.3) is 0 Å². The zero-order valence-electron chi connectivity index (χ0n) is 17.9. The summed E-state index contributed by atoms with van der Waals surface area (Å²) in [5.41, 5.74) is 0.185. The molecule has 0 radical (unpaired) electrons. The number of hydrogen-bond acceptors (Lipinski definition) is 4. The van der Waals surface area contributed by atoms with E-state index in [1.165, 1.54) is 10.5 Å². The van der Waals surface area contributed by atoms with Crippen LogP contribution in [0.4, 0.5) is 19.1 Å². The number of aromatic nitrogens is 2. The number of carbonyl (C=O) groups is 1. The lowest BCUT2D eigenvalue weighted by Gasteiger charge is -2.33. The third-order valence-corrected chi connectivity index (χ3v) is 2.91. The van der Waals surface area contributed by atoms with Crippen LogP contribution in [-0.2, 0) is 11.0 Å². The molecule has 1 aromatic heterocycles. The van der Waals surface area contributed by atoms with Gasteiger partial charge in [0.05, 0.1) is 0 Å². The van der Waals surface area contributed by atoms with Crippen LogP contribution in [0, 0.1) is 12.3 Å². The molecule has 0 saturated carbocycles. The molecule has 29 heavy (non-hydrogen) atoms. The van der Waals surface area contributed by atoms with Gasteiger partial charge in [-0.1, -0.05) is 25.5 Å². The fraction of sp³-hybridized carbons (Fsp3) is 0.476. The molecule has 0 N–H and O–H groups in total. The predicted molar refractivity (Wildman–Crippen MR) is 112 cm³/mol. The molecule has 0 unspecified atom stereocenters. The Morgan fingerprint density at radius 2 is 1.69 bits per heavy atom. The van der Waals surface area contributed by atoms with E-state index in [-0.39, 0.29) is 5.95 Å². The van der Waals surface area contributed by atoms with Gasteiger partial charge in [-0.3, -0.25) is 4.79 Å². The second-order valence-electron chi connectivity index (χ2n) is 5.78. The van der Waals surface area contributed by atoms with E-state index in [0.29, 0.717) is 26.2 Å². The minimum absolute atomic E-state index is 0.00707. The summed E-state index contributed by atoms with van der Waals surface area (Å²) in [6.07, 6.45) is 3.33. The van der Waals surface area contributed by atoms with Crippen LogP contribution >= 0.6 is 0 Å². The Hall–Kier alpha value is -2.82. The number of anilines is 1. The van der Waals surface area contributed by atoms with Crippen LogP contribution in [0.2, 0.25) is 0 Å². The minimum atomic E-state index is -4.50. The Kier molecular flexibility index (Phi) is 14.8. The molecule has 0 bridgehead atoms. The molecule has 0 aromatic carbocycles. The van der Waals surface area contributed by atoms with Gasteiger partial charge in [-0.05, 0) is 32.8 Å². The van der Waals surface area contributed by atoms with Gasteiger partial charge in [0.1, 0.15) is 5.69 Å². The van der Waals surface area contributed by atoms with E-state index >= 15 is 0 Å². The van der Waals surface area contributed by atoms with Gasteiger partial charge in [-0.25, -0.2) is 9.97 Å². The Labute approximate surface area is 172 Å². The molecule has 2 heterocycles. The van der Waals surface area contributed by atoms with Crippen molar-refractivity contribution < 1.29 is 18.0 Å². The number of alkyl halides is 3. The van der Waals surface area contributed by atoms with Gasteiger partial charge in [0.25, 0.3) is 5.91 Å². The van der Waals surface area contributed by atoms with E-state index in [4.69, 9.17) is 6.42 Å². The van der Waals surface area contributed by atoms with Crippen molar-refractivity contribution in [1.82, 2.24) is 14.9 Å². The van der Waals surface area contributed by atoms with E-state index in [1.807, 2.05) is 40.5 Å². The summed E-state index contributed by atoms with van der Waals surface area (Å²) < 4.78 is 37.7. The first-order valence-electron chi connectivity index (χ1n) is 9.16. The summed E-state index contributed by atoms with van der Waals surface area (Å²) in [7, 11) is 0. The standard InChI is InChI=1S/C12H11F3N4O.C4H8.C3H6.C2H6/c1-2-10(20)18-5-7-19(8-6-18)11-16-4-3-9(17-11)12(13,14)15;1-4(2)3;1-3-2;1-2/h1,3-4H,5-8H2;1H2,2-3H3;3H,1H2,2H3;1-2H3. The zero-order chi connectivity index (χ0) is 23.0. The second-order valence-corrected chi connectivity index (χ2v) is 5.78. The number of allylic oxidation sites excluding steroid dienone is 2. The third kappa shape index (κ3) is 12.3. The lowest BCUT2D eigenvalue weighted by Crippen LogP contribution is -2.49. The van der Waals surface area contributed by atoms with E-state index in [9.17, 15) is 18.0 Å². The molecule has 0 aliphatic carbocycles. The molecule has 1 aliphatic heterocycles. The smallest absolute Gasteiger partial charge is 0.337 e. The molecule has 5 nitrogen and oxygen atoms in total. The van der Waals surface area contributed by atoms with Crippen LogP contribution in [-0.4, -0.2) is 47.0 Å². The van der Waals surface area contributed by atoms with Gasteiger partial charge in [0.15, 0.2) is 0 Å². The minimum Gasteiger partial charge on any atom is -0.337 e. The number of carbonyl (C=O) groups excluding carboxylic acids is 1. The zero-order valence-corrected chi connectivity index (χ0v) is 17.9. The highest BCUT2D eigenvalue weighted by Gasteiger charge is 2.33. The fourth-order valence-corrected chi connectivity index (χ4v) is 1.86. The van der Waals surface area contributed by atoms with Crippen LogP contribution in [0.15, 0.2) is 37.1 Å². The van der Waals surface area contributed by atoms with Gasteiger partial charge in [-0.2, -0.15) is 13.2 Å². The maximum absolute atomic E-state index is 12.6. The van der Waals surface area contributed by atoms with Crippen molar-refractivity contribution in [2.45, 2.75) is 40.8 Å². The first-order valence-corrected chi connectivity index (χ1v) is 9.16. The molecule has 1 aliphatic rings. The number of rotatable bonds is 1. The number of terminal acetylenes is 1. The van der Waals surface area contributed by atoms with Crippen molar-refractivity contribution in [3.63, 3.8) is 0 Å². The van der Waals surface area contributed by atoms with E-state index in [2.05, 4.69) is 23.1 Å². The van der Waals surface area contributed by atoms with Crippen molar-refractivity contribution in [2.75, 3.05) is 31.1 Å². The normalized spacial score (nSPS) is 12.5. The molecule has 1 amide bonds. The maximum Gasteiger partial charge on any atom is 0.433 e. The van der Waals surface area contributed by atoms with Crippen molar-refractivity contribution in [3.8, 4) is 12.3 Å². The number of amides is 1. The summed E-state index contributed by atoms with van der Waals surface area (Å²) in [6.45, 7) is 18.1. The highest BCUT2D eigenvalue weighted by molar-refractivity contribution is 5.93. The lowest BCUT2D eigenvalue weighted by molar-refractivity contribution is -0.141. The molecule has 8 heteroatoms. The summed E-state index contributed by atoms with van der Waals surface area (Å²) in [4.78, 5) is 21.7. The highest BCUT2D eigenvalue weighted by atomic mass is 19.4. The Balaban J connectivity index is 0. The topological polar surface area (TPSA) is 49.3 Å². The van der Waals surface area contributed by atoms with Crippen molar-refractivity contribution in [3.05, 3.63) is 42.8 Å². The highest BCUT2D eigenvalue weighted by Crippen LogP contribution is 2.28. The Bertz CT molecular complexity index is 669. The summed E-state index contributed by atoms with van der Waals surface area (Å²) >= 11 is 0. The average molecular weight is 413 g/mol. The van der Waals surface area contributed by atoms with Gasteiger partial charge < -0.3 is 9.80 Å². The molecule has 0 atom stereocenters. The predicted octanol–water partition coefficient (Wildman–Crippen LogP) is 4.58. The molecular formula is C21H31F3N4O. The molecule has 1 aromatic rings. The van der Waals surface area contributed by atoms with Crippen LogP contribution in [0.3, 0.4) is 0 Å². The van der Waals surface area contributed by atoms with Gasteiger partial charge in [0, 0.05) is 32.4 Å². The summed E-state index contributed by atoms with van der Waals surface area (Å²) in [5, 5.41) is 0. The first-order chi connectivity index (χ1) is 13.6. The van der Waals surface area contributed by atoms with Crippen molar-refractivity contribution >= 4 is 11.9 Å². The van der Waals surface area contributed by atoms with E-state index < -0.39 is 17.8 Å². The Morgan fingerprint density at radius 1 is 1.24 bits per heavy atom. The molecule has 162 valence electrons. The monoisotopic (exact) mass is 412 g/mol. The molecular weight excluding hydrogens is 381 g/mol. The SMILES string of the molecule is C#CC(=O)N1CCN(c2nccc(C(F)(F)F)n2)CC1.C=C(C)C.C=CC.CC. The third-order valence-electron chi connectivity index (χ3n) is 2.91. The van der Waals surface area contributed by atoms with Crippen LogP contribution in [0.5, 0.6) is 0 Å². The van der Waals surface area contributed by atoms with E-state index in [0.717, 1.165) is 12.3 Å². The van der Waals surface area contributed by atoms with Gasteiger partial charge in [0.2, 0.25) is 5.95 Å². The molecule has 1 saturated heterocycles. The van der Waals surface area contributed by atoms with Crippen LogP contribution < -0.4 is 4.90 Å². The number of halogens is 3. The fourth-order valence-electron chi connectivity index (χ4n) is 1.86. The lowest BCUT2D eigenvalue weighted by atomic mass is 10.3. The summed E-state index contributed by atoms with van der Waals surface area (Å²) in [5.74, 6) is 1.59. The number of piperazine rings is 1. The van der Waals surface area contributed by atoms with Crippen molar-refractivity contribution in [2.24, 2.45) is 0 Å². The number of nitrogens with zero attached hydrogens (tertiary/aromatic N) is 4. The Morgan fingerprint density at radius 3 is 2.07 bits per heavy atom. The maximum atomic E-state index is 12.6. The van der Waals surface area contributed by atoms with Crippen LogP contribution in [0.1, 0.15) is 40.3 Å². The van der Waals surface area contributed by atoms with Gasteiger partial charge >= 0.3 is 6.18 Å². The quantitative estimate of drug-likeness (QED) is 0.501. The molecule has 1 fully saturated rings. The molecule has 2 rings (SSSR count). The number of hydrogen-bond donors (Lipinski definition) is 0. The summed E-state index contributed by atoms with van der Waals surface area (Å²) in [6, 6.07) is 0.821. The second kappa shape index (κ2) is 15.1. The average Bonchev–Trinajstić information content (AvgIpc) is 2.69. The van der Waals surface area contributed by atoms with Gasteiger partial charge in [-0.15, -0.1) is 19.6 Å². The molecule has 0 spiro atoms. The first kappa shape index (κ1) is 28.4. The van der Waals surface area contributed by atoms with E-state index in [1.54, 1.807) is 11.0 Å².